The molecule has 1 aliphatic heterocycles. The normalized spacial score (nSPS) is 24.2. The van der Waals surface area contributed by atoms with Crippen LogP contribution in [0.15, 0.2) is 36.9 Å². The summed E-state index contributed by atoms with van der Waals surface area (Å²) in [6.45, 7) is 4.11. The van der Waals surface area contributed by atoms with Crippen LogP contribution >= 0.6 is 0 Å². The third-order valence-electron chi connectivity index (χ3n) is 5.74. The van der Waals surface area contributed by atoms with E-state index in [1.165, 1.54) is 18.2 Å². The van der Waals surface area contributed by atoms with Gasteiger partial charge >= 0.3 is 0 Å². The zero-order valence-corrected chi connectivity index (χ0v) is 15.6. The van der Waals surface area contributed by atoms with Crippen molar-refractivity contribution in [3.05, 3.63) is 76.6 Å². The molecule has 5 heteroatoms. The monoisotopic (exact) mass is 388 g/mol. The summed E-state index contributed by atoms with van der Waals surface area (Å²) < 4.78 is 53.1. The van der Waals surface area contributed by atoms with Gasteiger partial charge in [-0.25, -0.2) is 13.2 Å². The summed E-state index contributed by atoms with van der Waals surface area (Å²) in [4.78, 5) is 0. The van der Waals surface area contributed by atoms with Crippen molar-refractivity contribution < 1.29 is 22.6 Å². The van der Waals surface area contributed by atoms with Crippen LogP contribution in [0.25, 0.3) is 6.08 Å². The van der Waals surface area contributed by atoms with Crippen LogP contribution in [0.4, 0.5) is 13.2 Å². The van der Waals surface area contributed by atoms with E-state index in [4.69, 9.17) is 9.47 Å². The van der Waals surface area contributed by atoms with E-state index in [1.807, 2.05) is 12.1 Å². The quantitative estimate of drug-likeness (QED) is 0.561. The maximum Gasteiger partial charge on any atom is 0.166 e. The van der Waals surface area contributed by atoms with Gasteiger partial charge in [-0.05, 0) is 43.2 Å². The van der Waals surface area contributed by atoms with Crippen molar-refractivity contribution in [1.29, 1.82) is 0 Å². The molecule has 1 saturated carbocycles. The van der Waals surface area contributed by atoms with Gasteiger partial charge in [-0.3, -0.25) is 0 Å². The van der Waals surface area contributed by atoms with Crippen LogP contribution in [0.2, 0.25) is 0 Å². The summed E-state index contributed by atoms with van der Waals surface area (Å²) >= 11 is 0. The molecule has 0 bridgehead atoms. The van der Waals surface area contributed by atoms with Gasteiger partial charge < -0.3 is 9.47 Å². The average Bonchev–Trinajstić information content (AvgIpc) is 3.55. The van der Waals surface area contributed by atoms with Crippen molar-refractivity contribution in [2.75, 3.05) is 6.61 Å². The van der Waals surface area contributed by atoms with E-state index in [0.717, 1.165) is 31.2 Å². The molecular weight excluding hydrogens is 365 g/mol. The number of hydrogen-bond acceptors (Lipinski definition) is 2. The van der Waals surface area contributed by atoms with Crippen LogP contribution in [0.1, 0.15) is 60.0 Å². The standard InChI is InChI=1S/C23H23F3O2/c1-2-14-3-4-17(23(26)22(14)25)12-27-18-8-5-15(6-9-18)16-7-10-19(20(24)11-16)21-13-28-21/h2-4,7,10-11,15,18,21H,1,5-6,8-9,12-13H2. The largest absolute Gasteiger partial charge is 0.373 e. The Morgan fingerprint density at radius 3 is 2.43 bits per heavy atom. The molecule has 0 amide bonds. The molecule has 1 heterocycles. The molecule has 2 aromatic rings. The predicted molar refractivity (Wildman–Crippen MR) is 101 cm³/mol. The van der Waals surface area contributed by atoms with Crippen molar-refractivity contribution in [3.8, 4) is 0 Å². The highest BCUT2D eigenvalue weighted by molar-refractivity contribution is 5.48. The molecule has 2 aliphatic rings. The molecule has 0 N–H and O–H groups in total. The summed E-state index contributed by atoms with van der Waals surface area (Å²) in [5, 5.41) is 0. The molecular formula is C23H23F3O2. The van der Waals surface area contributed by atoms with Gasteiger partial charge in [0, 0.05) is 16.7 Å². The molecule has 2 aromatic carbocycles. The second kappa shape index (κ2) is 8.10. The van der Waals surface area contributed by atoms with Gasteiger partial charge in [0.2, 0.25) is 0 Å². The van der Waals surface area contributed by atoms with Gasteiger partial charge in [0.25, 0.3) is 0 Å². The first-order chi connectivity index (χ1) is 13.6. The summed E-state index contributed by atoms with van der Waals surface area (Å²) in [5.74, 6) is -1.66. The second-order valence-electron chi connectivity index (χ2n) is 7.53. The molecule has 1 atom stereocenters. The average molecular weight is 388 g/mol. The van der Waals surface area contributed by atoms with E-state index in [2.05, 4.69) is 6.58 Å². The van der Waals surface area contributed by atoms with Crippen molar-refractivity contribution >= 4 is 6.08 Å². The summed E-state index contributed by atoms with van der Waals surface area (Å²) in [6, 6.07) is 8.49. The number of benzene rings is 2. The smallest absolute Gasteiger partial charge is 0.166 e. The minimum absolute atomic E-state index is 0.00164. The van der Waals surface area contributed by atoms with E-state index >= 15 is 0 Å². The second-order valence-corrected chi connectivity index (χ2v) is 7.53. The number of hydrogen-bond donors (Lipinski definition) is 0. The zero-order chi connectivity index (χ0) is 19.7. The Kier molecular flexibility index (Phi) is 5.56. The van der Waals surface area contributed by atoms with Crippen molar-refractivity contribution in [1.82, 2.24) is 0 Å². The first-order valence-electron chi connectivity index (χ1n) is 9.68. The van der Waals surface area contributed by atoms with E-state index in [-0.39, 0.29) is 35.8 Å². The number of rotatable bonds is 6. The lowest BCUT2D eigenvalue weighted by Crippen LogP contribution is -2.21. The number of epoxide rings is 1. The van der Waals surface area contributed by atoms with Crippen molar-refractivity contribution in [2.24, 2.45) is 0 Å². The first-order valence-corrected chi connectivity index (χ1v) is 9.68. The Hall–Kier alpha value is -2.11. The Balaban J connectivity index is 1.32. The van der Waals surface area contributed by atoms with Crippen LogP contribution in [0.5, 0.6) is 0 Å². The molecule has 148 valence electrons. The molecule has 28 heavy (non-hydrogen) atoms. The lowest BCUT2D eigenvalue weighted by molar-refractivity contribution is 0.0118. The molecule has 0 spiro atoms. The molecule has 4 rings (SSSR count). The highest BCUT2D eigenvalue weighted by atomic mass is 19.2. The third-order valence-corrected chi connectivity index (χ3v) is 5.74. The fourth-order valence-corrected chi connectivity index (χ4v) is 3.93. The van der Waals surface area contributed by atoms with Crippen molar-refractivity contribution in [2.45, 2.75) is 50.4 Å². The molecule has 1 saturated heterocycles. The number of halogens is 3. The van der Waals surface area contributed by atoms with E-state index in [1.54, 1.807) is 6.07 Å². The predicted octanol–water partition coefficient (Wildman–Crippen LogP) is 6.06. The van der Waals surface area contributed by atoms with Gasteiger partial charge in [-0.1, -0.05) is 36.9 Å². The van der Waals surface area contributed by atoms with Gasteiger partial charge in [0.1, 0.15) is 11.9 Å². The van der Waals surface area contributed by atoms with Crippen LogP contribution in [0, 0.1) is 17.5 Å². The van der Waals surface area contributed by atoms with Crippen LogP contribution in [-0.2, 0) is 16.1 Å². The SMILES string of the molecule is C=Cc1ccc(COC2CCC(c3ccc(C4CO4)c(F)c3)CC2)c(F)c1F. The van der Waals surface area contributed by atoms with Gasteiger partial charge in [-0.15, -0.1) is 0 Å². The minimum atomic E-state index is -0.887. The zero-order valence-electron chi connectivity index (χ0n) is 15.6. The number of ether oxygens (including phenoxy) is 2. The first kappa shape index (κ1) is 19.2. The highest BCUT2D eigenvalue weighted by Gasteiger charge is 2.29. The Labute approximate surface area is 163 Å². The molecule has 2 fully saturated rings. The lowest BCUT2D eigenvalue weighted by atomic mass is 9.82. The van der Waals surface area contributed by atoms with Crippen LogP contribution in [0.3, 0.4) is 0 Å². The summed E-state index contributed by atoms with van der Waals surface area (Å²) in [7, 11) is 0. The minimum Gasteiger partial charge on any atom is -0.373 e. The molecule has 1 unspecified atom stereocenters. The van der Waals surface area contributed by atoms with Gasteiger partial charge in [0.15, 0.2) is 11.6 Å². The van der Waals surface area contributed by atoms with Gasteiger partial charge in [0.05, 0.1) is 19.3 Å². The molecule has 1 aliphatic carbocycles. The maximum absolute atomic E-state index is 14.2. The van der Waals surface area contributed by atoms with Crippen LogP contribution < -0.4 is 0 Å². The Morgan fingerprint density at radius 2 is 1.79 bits per heavy atom. The third kappa shape index (κ3) is 4.01. The maximum atomic E-state index is 14.2. The fourth-order valence-electron chi connectivity index (χ4n) is 3.93. The van der Waals surface area contributed by atoms with E-state index in [0.29, 0.717) is 18.1 Å². The Bertz CT molecular complexity index is 868. The Morgan fingerprint density at radius 1 is 1.04 bits per heavy atom. The van der Waals surface area contributed by atoms with E-state index < -0.39 is 11.6 Å². The lowest BCUT2D eigenvalue weighted by Gasteiger charge is -2.29. The highest BCUT2D eigenvalue weighted by Crippen LogP contribution is 2.37. The van der Waals surface area contributed by atoms with Gasteiger partial charge in [-0.2, -0.15) is 0 Å². The van der Waals surface area contributed by atoms with Crippen molar-refractivity contribution in [3.63, 3.8) is 0 Å². The molecule has 0 aromatic heterocycles. The topological polar surface area (TPSA) is 21.8 Å². The van der Waals surface area contributed by atoms with E-state index in [9.17, 15) is 13.2 Å². The summed E-state index contributed by atoms with van der Waals surface area (Å²) in [5.41, 5.74) is 2.00. The van der Waals surface area contributed by atoms with Crippen LogP contribution in [-0.4, -0.2) is 12.7 Å². The fraction of sp³-hybridized carbons (Fsp3) is 0.391. The molecule has 2 nitrogen and oxygen atoms in total. The summed E-state index contributed by atoms with van der Waals surface area (Å²) in [6.07, 6.45) is 4.61. The molecule has 0 radical (unpaired) electrons.